The molecule has 0 fully saturated rings. The molecule has 0 spiro atoms. The summed E-state index contributed by atoms with van der Waals surface area (Å²) in [6.07, 6.45) is 3.82. The van der Waals surface area contributed by atoms with E-state index in [9.17, 15) is 14.4 Å². The first-order chi connectivity index (χ1) is 15.9. The average molecular weight is 682 g/mol. The minimum atomic E-state index is -0.537. The fraction of sp³-hybridized carbons (Fsp3) is 0.214. The predicted octanol–water partition coefficient (Wildman–Crippen LogP) is 4.81. The van der Waals surface area contributed by atoms with Crippen molar-refractivity contribution in [3.05, 3.63) is 102 Å². The maximum Gasteiger partial charge on any atom is 2.00 e. The Morgan fingerprint density at radius 2 is 1.41 bits per heavy atom. The molecule has 34 heavy (non-hydrogen) atoms. The number of nitrogens with zero attached hydrogens (tertiary/aromatic N) is 1. The molecule has 1 amide bonds. The molecule has 0 bridgehead atoms. The molecule has 6 heteroatoms. The van der Waals surface area contributed by atoms with E-state index in [-0.39, 0.29) is 43.0 Å². The van der Waals surface area contributed by atoms with E-state index in [2.05, 4.69) is 12.1 Å². The van der Waals surface area contributed by atoms with Crippen LogP contribution in [0, 0.1) is 37.5 Å². The summed E-state index contributed by atoms with van der Waals surface area (Å²) in [5.74, 6) is -0.414. The number of carbonyl (C=O) groups is 2. The van der Waals surface area contributed by atoms with Crippen LogP contribution in [0.2, 0.25) is 0 Å². The van der Waals surface area contributed by atoms with Gasteiger partial charge in [0.15, 0.2) is 5.97 Å². The van der Waals surface area contributed by atoms with Crippen LogP contribution in [0.4, 0.5) is 0 Å². The van der Waals surface area contributed by atoms with Gasteiger partial charge in [-0.25, -0.2) is 6.29 Å². The minimum Gasteiger partial charge on any atom is -0.540 e. The summed E-state index contributed by atoms with van der Waals surface area (Å²) in [7, 11) is 1.62. The van der Waals surface area contributed by atoms with Crippen LogP contribution in [-0.4, -0.2) is 36.2 Å². The summed E-state index contributed by atoms with van der Waals surface area (Å²) in [5, 5.41) is 0. The first-order valence-corrected chi connectivity index (χ1v) is 10.7. The van der Waals surface area contributed by atoms with E-state index >= 15 is 0 Å². The Labute approximate surface area is 225 Å². The molecule has 3 rings (SSSR count). The van der Waals surface area contributed by atoms with E-state index in [4.69, 9.17) is 4.74 Å². The van der Waals surface area contributed by atoms with Crippen LogP contribution < -0.4 is 0 Å². The third-order valence-corrected chi connectivity index (χ3v) is 5.05. The van der Waals surface area contributed by atoms with Gasteiger partial charge in [-0.05, 0) is 28.7 Å². The summed E-state index contributed by atoms with van der Waals surface area (Å²) in [6, 6.07) is 27.2. The largest absolute Gasteiger partial charge is 2.00 e. The molecule has 0 aliphatic rings. The van der Waals surface area contributed by atoms with E-state index in [1.54, 1.807) is 14.0 Å². The molecule has 0 unspecified atom stereocenters. The molecular weight excluding hydrogens is 652 g/mol. The maximum atomic E-state index is 11.3. The van der Waals surface area contributed by atoms with E-state index in [1.807, 2.05) is 79.1 Å². The fourth-order valence-electron chi connectivity index (χ4n) is 2.98. The normalized spacial score (nSPS) is 10.4. The Bertz CT molecular complexity index is 1010. The Morgan fingerprint density at radius 1 is 0.882 bits per heavy atom. The first kappa shape index (κ1) is 29.2. The number of rotatable bonds is 8. The summed E-state index contributed by atoms with van der Waals surface area (Å²) >= 11 is 0. The van der Waals surface area contributed by atoms with Gasteiger partial charge in [0.05, 0.1) is 0 Å². The zero-order chi connectivity index (χ0) is 24.1. The summed E-state index contributed by atoms with van der Waals surface area (Å²) in [5.41, 5.74) is 4.30. The monoisotopic (exact) mass is 681 g/mol. The van der Waals surface area contributed by atoms with E-state index < -0.39 is 6.04 Å². The van der Waals surface area contributed by atoms with Crippen molar-refractivity contribution in [2.45, 2.75) is 32.9 Å². The van der Waals surface area contributed by atoms with E-state index in [0.717, 1.165) is 22.3 Å². The SMILES string of the molecule is CC(=O)N(C)[C@H]([C-]=O)Cc1ccc(-c2ccccc2)cc1.C[CH-]C(=O)OCc1ccccc1.[U+2]. The maximum absolute atomic E-state index is 11.3. The smallest absolute Gasteiger partial charge is 0.540 e. The molecule has 0 aliphatic carbocycles. The zero-order valence-electron chi connectivity index (χ0n) is 19.7. The number of hydrogen-bond donors (Lipinski definition) is 0. The predicted molar refractivity (Wildman–Crippen MR) is 130 cm³/mol. The Hall–Kier alpha value is -2.81. The van der Waals surface area contributed by atoms with Crippen molar-refractivity contribution in [3.63, 3.8) is 0 Å². The molecule has 0 aliphatic heterocycles. The number of esters is 1. The molecule has 0 saturated heterocycles. The molecule has 0 saturated carbocycles. The van der Waals surface area contributed by atoms with Gasteiger partial charge in [-0.1, -0.05) is 91.0 Å². The standard InChI is InChI=1S/C18H18NO2.C10H11O2.U/c1-14(21)19(2)18(13-20)12-15-8-10-17(11-9-15)16-6-4-3-5-7-16;1-2-10(11)12-8-9-6-4-3-5-7-9;/h3-11,18H,12H2,1-2H3;2-7H,8H2,1H3;/q2*-1;+2/t18-;;/m0../s1. The van der Waals surface area contributed by atoms with Gasteiger partial charge in [0.1, 0.15) is 6.61 Å². The van der Waals surface area contributed by atoms with Crippen LogP contribution in [0.1, 0.15) is 25.0 Å². The van der Waals surface area contributed by atoms with Crippen LogP contribution in [0.5, 0.6) is 0 Å². The minimum absolute atomic E-state index is 0. The number of ether oxygens (including phenoxy) is 1. The second-order valence-electron chi connectivity index (χ2n) is 7.41. The van der Waals surface area contributed by atoms with Gasteiger partial charge >= 0.3 is 31.1 Å². The quantitative estimate of drug-likeness (QED) is 0.253. The molecule has 0 N–H and O–H groups in total. The van der Waals surface area contributed by atoms with E-state index in [0.29, 0.717) is 13.0 Å². The topological polar surface area (TPSA) is 63.7 Å². The number of likely N-dealkylation sites (N-methyl/N-ethyl adjacent to an activating group) is 1. The molecule has 0 radical (unpaired) electrons. The van der Waals surface area contributed by atoms with E-state index in [1.165, 1.54) is 18.2 Å². The third-order valence-electron chi connectivity index (χ3n) is 5.05. The first-order valence-electron chi connectivity index (χ1n) is 10.7. The van der Waals surface area contributed by atoms with Gasteiger partial charge in [0, 0.05) is 14.0 Å². The van der Waals surface area contributed by atoms with Crippen molar-refractivity contribution in [2.75, 3.05) is 7.05 Å². The summed E-state index contributed by atoms with van der Waals surface area (Å²) in [4.78, 5) is 34.5. The van der Waals surface area contributed by atoms with Crippen molar-refractivity contribution < 1.29 is 50.2 Å². The number of amides is 1. The summed E-state index contributed by atoms with van der Waals surface area (Å²) in [6.45, 7) is 3.46. The molecule has 174 valence electrons. The molecule has 1 atom stereocenters. The number of benzene rings is 3. The van der Waals surface area contributed by atoms with Gasteiger partial charge in [-0.3, -0.25) is 16.0 Å². The van der Waals surface area contributed by atoms with Gasteiger partial charge in [0.2, 0.25) is 5.91 Å². The molecule has 0 aromatic heterocycles. The van der Waals surface area contributed by atoms with Crippen LogP contribution in [0.25, 0.3) is 11.1 Å². The zero-order valence-corrected chi connectivity index (χ0v) is 23.9. The van der Waals surface area contributed by atoms with Crippen LogP contribution in [0.15, 0.2) is 84.9 Å². The van der Waals surface area contributed by atoms with Gasteiger partial charge in [0.25, 0.3) is 0 Å². The van der Waals surface area contributed by atoms with Gasteiger partial charge < -0.3 is 14.4 Å². The molecule has 3 aromatic rings. The van der Waals surface area contributed by atoms with Gasteiger partial charge in [-0.2, -0.15) is 6.92 Å². The molecule has 5 nitrogen and oxygen atoms in total. The summed E-state index contributed by atoms with van der Waals surface area (Å²) < 4.78 is 4.88. The Kier molecular flexibility index (Phi) is 13.7. The van der Waals surface area contributed by atoms with Crippen LogP contribution >= 0.6 is 0 Å². The fourth-order valence-corrected chi connectivity index (χ4v) is 2.98. The third kappa shape index (κ3) is 9.99. The van der Waals surface area contributed by atoms with Crippen LogP contribution in [0.3, 0.4) is 0 Å². The number of hydrogen-bond acceptors (Lipinski definition) is 4. The average Bonchev–Trinajstić information content (AvgIpc) is 2.87. The van der Waals surface area contributed by atoms with Crippen molar-refractivity contribution in [1.82, 2.24) is 4.90 Å². The van der Waals surface area contributed by atoms with Crippen molar-refractivity contribution >= 4 is 18.2 Å². The number of carbonyl (C=O) groups excluding carboxylic acids is 3. The second-order valence-corrected chi connectivity index (χ2v) is 7.41. The van der Waals surface area contributed by atoms with Crippen molar-refractivity contribution in [2.24, 2.45) is 0 Å². The molecule has 0 heterocycles. The van der Waals surface area contributed by atoms with Crippen LogP contribution in [-0.2, 0) is 32.1 Å². The van der Waals surface area contributed by atoms with Crippen molar-refractivity contribution in [1.29, 1.82) is 0 Å². The molecular formula is C28H29NO4U. The van der Waals surface area contributed by atoms with Crippen molar-refractivity contribution in [3.8, 4) is 11.1 Å². The Balaban J connectivity index is 0.000000380. The Morgan fingerprint density at radius 3 is 1.91 bits per heavy atom. The second kappa shape index (κ2) is 15.9. The molecule has 3 aromatic carbocycles. The van der Waals surface area contributed by atoms with Gasteiger partial charge in [-0.15, -0.1) is 0 Å².